The lowest BCUT2D eigenvalue weighted by Crippen LogP contribution is -2.52. The Hall–Kier alpha value is -4.41. The van der Waals surface area contributed by atoms with Gasteiger partial charge >= 0.3 is 0 Å². The van der Waals surface area contributed by atoms with Crippen molar-refractivity contribution in [2.24, 2.45) is 5.92 Å². The first kappa shape index (κ1) is 30.0. The van der Waals surface area contributed by atoms with Crippen LogP contribution in [0.2, 0.25) is 5.15 Å². The van der Waals surface area contributed by atoms with Crippen molar-refractivity contribution in [3.8, 4) is 11.6 Å². The molecule has 1 saturated carbocycles. The van der Waals surface area contributed by atoms with Gasteiger partial charge in [0.2, 0.25) is 5.88 Å². The molecule has 2 aromatic heterocycles. The molecule has 234 valence electrons. The van der Waals surface area contributed by atoms with Crippen LogP contribution in [-0.4, -0.2) is 39.2 Å². The van der Waals surface area contributed by atoms with E-state index in [9.17, 15) is 10.2 Å². The molecule has 0 spiro atoms. The maximum atomic E-state index is 15.3. The lowest BCUT2D eigenvalue weighted by molar-refractivity contribution is -0.151. The number of hydrogen-bond donors (Lipinski definition) is 2. The van der Waals surface area contributed by atoms with E-state index in [-0.39, 0.29) is 27.9 Å². The average molecular weight is 712 g/mol. The number of halogens is 3. The summed E-state index contributed by atoms with van der Waals surface area (Å²) in [6.07, 6.45) is -1.78. The van der Waals surface area contributed by atoms with Gasteiger partial charge in [-0.05, 0) is 41.5 Å². The van der Waals surface area contributed by atoms with Crippen LogP contribution >= 0.6 is 27.5 Å². The van der Waals surface area contributed by atoms with Crippen LogP contribution in [0.15, 0.2) is 108 Å². The summed E-state index contributed by atoms with van der Waals surface area (Å²) >= 11 is 9.85. The normalized spacial score (nSPS) is 24.6. The van der Waals surface area contributed by atoms with Gasteiger partial charge in [0.05, 0.1) is 29.6 Å². The van der Waals surface area contributed by atoms with Crippen LogP contribution < -0.4 is 9.47 Å². The van der Waals surface area contributed by atoms with E-state index in [1.54, 1.807) is 30.3 Å². The van der Waals surface area contributed by atoms with Crippen LogP contribution in [0.3, 0.4) is 0 Å². The topological polar surface area (TPSA) is 102 Å². The standard InChI is InChI=1S/C37H25BrClFN2O5/c1-46-35-32-28(18-29(39)42-35)47-37(21-11-13-22(38)14-12-21)31(19-7-3-2-4-8-19)30(34(44)36(32,37)45)33(43)25-16-23(40)17-27-24(25)15-20-9-5-6-10-26(20)41-27/h2-18,30-31,34,44-45H,1H3/t30-,31+,34+,36-,37-/m0/s1. The molecule has 47 heavy (non-hydrogen) atoms. The molecule has 2 aliphatic rings. The first-order chi connectivity index (χ1) is 22.7. The molecule has 0 unspecified atom stereocenters. The molecule has 0 amide bonds. The number of ketones is 1. The van der Waals surface area contributed by atoms with E-state index in [4.69, 9.17) is 21.1 Å². The minimum atomic E-state index is -2.28. The van der Waals surface area contributed by atoms with Gasteiger partial charge < -0.3 is 19.7 Å². The Morgan fingerprint density at radius 2 is 1.68 bits per heavy atom. The molecule has 2 N–H and O–H groups in total. The van der Waals surface area contributed by atoms with Gasteiger partial charge in [0.15, 0.2) is 17.0 Å². The van der Waals surface area contributed by atoms with Crippen molar-refractivity contribution in [3.05, 3.63) is 141 Å². The van der Waals surface area contributed by atoms with Crippen molar-refractivity contribution in [2.45, 2.75) is 23.2 Å². The molecule has 0 bridgehead atoms. The molecule has 1 aliphatic heterocycles. The van der Waals surface area contributed by atoms with Gasteiger partial charge in [-0.2, -0.15) is 0 Å². The van der Waals surface area contributed by atoms with Gasteiger partial charge in [0, 0.05) is 38.9 Å². The molecule has 6 aromatic rings. The largest absolute Gasteiger partial charge is 0.481 e. The van der Waals surface area contributed by atoms with E-state index in [0.717, 1.165) is 15.9 Å². The van der Waals surface area contributed by atoms with Crippen molar-refractivity contribution >= 4 is 55.1 Å². The maximum absolute atomic E-state index is 15.3. The molecule has 7 nitrogen and oxygen atoms in total. The van der Waals surface area contributed by atoms with E-state index in [0.29, 0.717) is 27.5 Å². The maximum Gasteiger partial charge on any atom is 0.224 e. The van der Waals surface area contributed by atoms with Crippen LogP contribution in [0, 0.1) is 11.7 Å². The van der Waals surface area contributed by atoms with Crippen LogP contribution in [0.25, 0.3) is 21.8 Å². The number of carbonyl (C=O) groups is 1. The molecule has 0 saturated heterocycles. The Morgan fingerprint density at radius 1 is 0.957 bits per heavy atom. The number of aliphatic hydroxyl groups is 2. The van der Waals surface area contributed by atoms with E-state index >= 15 is 9.18 Å². The Kier molecular flexibility index (Phi) is 6.89. The summed E-state index contributed by atoms with van der Waals surface area (Å²) in [4.78, 5) is 24.0. The first-order valence-corrected chi connectivity index (χ1v) is 16.0. The van der Waals surface area contributed by atoms with Crippen molar-refractivity contribution in [1.82, 2.24) is 9.97 Å². The molecule has 0 radical (unpaired) electrons. The molecular formula is C37H25BrClFN2O5. The van der Waals surface area contributed by atoms with Gasteiger partial charge in [-0.15, -0.1) is 0 Å². The van der Waals surface area contributed by atoms with Crippen LogP contribution in [0.4, 0.5) is 4.39 Å². The number of carbonyl (C=O) groups excluding carboxylic acids is 1. The third-order valence-corrected chi connectivity index (χ3v) is 10.2. The minimum absolute atomic E-state index is 0.0270. The predicted molar refractivity (Wildman–Crippen MR) is 178 cm³/mol. The van der Waals surface area contributed by atoms with Crippen molar-refractivity contribution < 1.29 is 28.9 Å². The molecule has 5 atom stereocenters. The zero-order chi connectivity index (χ0) is 32.7. The van der Waals surface area contributed by atoms with Gasteiger partial charge in [-0.25, -0.2) is 14.4 Å². The number of pyridine rings is 2. The summed E-state index contributed by atoms with van der Waals surface area (Å²) in [5.74, 6) is -3.48. The van der Waals surface area contributed by atoms with Crippen molar-refractivity contribution in [3.63, 3.8) is 0 Å². The quantitative estimate of drug-likeness (QED) is 0.109. The molecular weight excluding hydrogens is 687 g/mol. The monoisotopic (exact) mass is 710 g/mol. The zero-order valence-electron chi connectivity index (χ0n) is 24.7. The number of para-hydroxylation sites is 1. The Balaban J connectivity index is 1.44. The second-order valence-electron chi connectivity index (χ2n) is 11.9. The number of nitrogens with zero attached hydrogens (tertiary/aromatic N) is 2. The number of fused-ring (bicyclic) bond motifs is 5. The molecule has 1 aliphatic carbocycles. The second kappa shape index (κ2) is 10.8. The summed E-state index contributed by atoms with van der Waals surface area (Å²) < 4.78 is 28.5. The number of ether oxygens (including phenoxy) is 2. The van der Waals surface area contributed by atoms with Crippen molar-refractivity contribution in [1.29, 1.82) is 0 Å². The summed E-state index contributed by atoms with van der Waals surface area (Å²) in [6.45, 7) is 0. The molecule has 3 heterocycles. The van der Waals surface area contributed by atoms with Crippen LogP contribution in [0.5, 0.6) is 11.6 Å². The van der Waals surface area contributed by atoms with Gasteiger partial charge in [0.1, 0.15) is 22.8 Å². The number of aromatic nitrogens is 2. The molecule has 1 fully saturated rings. The third-order valence-electron chi connectivity index (χ3n) is 9.50. The number of methoxy groups -OCH3 is 1. The van der Waals surface area contributed by atoms with E-state index < -0.39 is 40.7 Å². The highest BCUT2D eigenvalue weighted by molar-refractivity contribution is 9.10. The number of hydrogen-bond acceptors (Lipinski definition) is 7. The smallest absolute Gasteiger partial charge is 0.224 e. The lowest BCUT2D eigenvalue weighted by atomic mass is 9.70. The first-order valence-electron chi connectivity index (χ1n) is 14.9. The number of Topliss-reactive ketones (excluding diaryl/α,β-unsaturated/α-hetero) is 1. The highest BCUT2D eigenvalue weighted by Gasteiger charge is 2.78. The van der Waals surface area contributed by atoms with Crippen molar-refractivity contribution in [2.75, 3.05) is 7.11 Å². The second-order valence-corrected chi connectivity index (χ2v) is 13.2. The lowest BCUT2D eigenvalue weighted by Gasteiger charge is -2.40. The minimum Gasteiger partial charge on any atom is -0.481 e. The Morgan fingerprint density at radius 3 is 2.43 bits per heavy atom. The fourth-order valence-electron chi connectivity index (χ4n) is 7.63. The average Bonchev–Trinajstić information content (AvgIpc) is 3.45. The van der Waals surface area contributed by atoms with Gasteiger partial charge in [0.25, 0.3) is 0 Å². The number of aliphatic hydroxyl groups excluding tert-OH is 1. The molecule has 10 heteroatoms. The predicted octanol–water partition coefficient (Wildman–Crippen LogP) is 7.48. The number of rotatable bonds is 5. The van der Waals surface area contributed by atoms with Crippen LogP contribution in [0.1, 0.15) is 33.0 Å². The van der Waals surface area contributed by atoms with Gasteiger partial charge in [-0.3, -0.25) is 4.79 Å². The molecule has 4 aromatic carbocycles. The van der Waals surface area contributed by atoms with Crippen LogP contribution in [-0.2, 0) is 11.2 Å². The summed E-state index contributed by atoms with van der Waals surface area (Å²) in [5.41, 5.74) is -1.95. The summed E-state index contributed by atoms with van der Waals surface area (Å²) in [5, 5.41) is 26.9. The third kappa shape index (κ3) is 4.20. The highest BCUT2D eigenvalue weighted by atomic mass is 79.9. The highest BCUT2D eigenvalue weighted by Crippen LogP contribution is 2.70. The Labute approximate surface area is 281 Å². The summed E-state index contributed by atoms with van der Waals surface area (Å²) in [6, 6.07) is 29.3. The zero-order valence-corrected chi connectivity index (χ0v) is 27.0. The van der Waals surface area contributed by atoms with E-state index in [1.807, 2.05) is 54.6 Å². The molecule has 8 rings (SSSR count). The van der Waals surface area contributed by atoms with E-state index in [2.05, 4.69) is 25.9 Å². The summed E-state index contributed by atoms with van der Waals surface area (Å²) in [7, 11) is 1.37. The fourth-order valence-corrected chi connectivity index (χ4v) is 8.07. The van der Waals surface area contributed by atoms with Gasteiger partial charge in [-0.1, -0.05) is 88.2 Å². The SMILES string of the molecule is COc1nc(Cl)cc2c1[C@]1(O)[C@H](O)[C@H](C(=O)c3cc(F)cc4nc5ccccc5cc34)[C@@H](c3ccccc3)[C@]1(c1ccc(Br)cc1)O2. The fraction of sp³-hybridized carbons (Fsp3) is 0.162. The number of benzene rings is 4. The van der Waals surface area contributed by atoms with E-state index in [1.165, 1.54) is 19.2 Å². The Bertz CT molecular complexity index is 2240.